The van der Waals surface area contributed by atoms with Crippen molar-refractivity contribution in [2.24, 2.45) is 5.73 Å². The van der Waals surface area contributed by atoms with Gasteiger partial charge in [0.15, 0.2) is 0 Å². The molecule has 0 radical (unpaired) electrons. The molecule has 0 aliphatic heterocycles. The number of hydrogen-bond donors (Lipinski definition) is 1. The third-order valence-electron chi connectivity index (χ3n) is 2.32. The van der Waals surface area contributed by atoms with Crippen LogP contribution in [0, 0.1) is 0 Å². The zero-order valence-corrected chi connectivity index (χ0v) is 11.3. The van der Waals surface area contributed by atoms with Gasteiger partial charge in [0.1, 0.15) is 5.75 Å². The molecular weight excluding hydrogens is 242 g/mol. The number of hydrogen-bond acceptors (Lipinski definition) is 3. The maximum absolute atomic E-state index is 6.10. The van der Waals surface area contributed by atoms with Gasteiger partial charge < -0.3 is 10.5 Å². The molecule has 0 amide bonds. The summed E-state index contributed by atoms with van der Waals surface area (Å²) < 4.78 is 5.38. The van der Waals surface area contributed by atoms with Crippen LogP contribution in [0.5, 0.6) is 5.75 Å². The molecule has 1 unspecified atom stereocenters. The summed E-state index contributed by atoms with van der Waals surface area (Å²) in [7, 11) is 0. The molecule has 0 aromatic heterocycles. The molecule has 0 spiro atoms. The van der Waals surface area contributed by atoms with E-state index in [-0.39, 0.29) is 6.04 Å². The Hall–Kier alpha value is -0.380. The van der Waals surface area contributed by atoms with E-state index in [1.54, 1.807) is 11.8 Å². The summed E-state index contributed by atoms with van der Waals surface area (Å²) >= 11 is 7.90. The van der Waals surface area contributed by atoms with Crippen LogP contribution in [0.15, 0.2) is 18.2 Å². The minimum absolute atomic E-state index is 0.0561. The molecule has 90 valence electrons. The van der Waals surface area contributed by atoms with Crippen molar-refractivity contribution < 1.29 is 4.74 Å². The molecule has 0 aliphatic rings. The van der Waals surface area contributed by atoms with Crippen LogP contribution in [0.3, 0.4) is 0 Å². The van der Waals surface area contributed by atoms with Gasteiger partial charge in [-0.05, 0) is 43.0 Å². The van der Waals surface area contributed by atoms with E-state index in [9.17, 15) is 0 Å². The summed E-state index contributed by atoms with van der Waals surface area (Å²) in [6, 6.07) is 5.83. The van der Waals surface area contributed by atoms with Crippen LogP contribution in [0.1, 0.15) is 24.9 Å². The Morgan fingerprint density at radius 2 is 2.25 bits per heavy atom. The maximum atomic E-state index is 6.10. The van der Waals surface area contributed by atoms with Gasteiger partial charge in [0.05, 0.1) is 11.6 Å². The topological polar surface area (TPSA) is 35.2 Å². The number of benzene rings is 1. The Morgan fingerprint density at radius 3 is 2.81 bits per heavy atom. The van der Waals surface area contributed by atoms with E-state index in [0.717, 1.165) is 23.5 Å². The summed E-state index contributed by atoms with van der Waals surface area (Å²) in [5, 5.41) is 0.638. The van der Waals surface area contributed by atoms with Crippen LogP contribution in [0.4, 0.5) is 0 Å². The van der Waals surface area contributed by atoms with E-state index in [1.807, 2.05) is 25.1 Å². The van der Waals surface area contributed by atoms with Gasteiger partial charge in [0.2, 0.25) is 0 Å². The quantitative estimate of drug-likeness (QED) is 0.849. The maximum Gasteiger partial charge on any atom is 0.137 e. The molecule has 1 aromatic rings. The number of rotatable bonds is 6. The van der Waals surface area contributed by atoms with Crippen LogP contribution in [-0.2, 0) is 0 Å². The minimum atomic E-state index is 0.0561. The third kappa shape index (κ3) is 3.89. The zero-order chi connectivity index (χ0) is 12.0. The number of halogens is 1. The highest BCUT2D eigenvalue weighted by Gasteiger charge is 2.08. The second kappa shape index (κ2) is 7.05. The Kier molecular flexibility index (Phi) is 6.03. The number of thioether (sulfide) groups is 1. The lowest BCUT2D eigenvalue weighted by Crippen LogP contribution is -2.11. The monoisotopic (exact) mass is 259 g/mol. The van der Waals surface area contributed by atoms with Crippen molar-refractivity contribution in [1.82, 2.24) is 0 Å². The van der Waals surface area contributed by atoms with Gasteiger partial charge >= 0.3 is 0 Å². The first kappa shape index (κ1) is 13.7. The van der Waals surface area contributed by atoms with Crippen molar-refractivity contribution in [3.05, 3.63) is 28.8 Å². The molecule has 0 saturated carbocycles. The standard InChI is InChI=1S/C12H18ClNOS/c1-3-15-12-5-4-9(8-10(12)13)11(14)6-7-16-2/h4-5,8,11H,3,6-7,14H2,1-2H3. The van der Waals surface area contributed by atoms with Crippen molar-refractivity contribution in [3.8, 4) is 5.75 Å². The highest BCUT2D eigenvalue weighted by Crippen LogP contribution is 2.28. The molecule has 1 aromatic carbocycles. The van der Waals surface area contributed by atoms with Crippen LogP contribution < -0.4 is 10.5 Å². The zero-order valence-electron chi connectivity index (χ0n) is 9.70. The minimum Gasteiger partial charge on any atom is -0.492 e. The molecule has 0 saturated heterocycles. The summed E-state index contributed by atoms with van der Waals surface area (Å²) in [5.74, 6) is 1.79. The molecule has 4 heteroatoms. The lowest BCUT2D eigenvalue weighted by Gasteiger charge is -2.13. The van der Waals surface area contributed by atoms with Gasteiger partial charge in [-0.1, -0.05) is 17.7 Å². The van der Waals surface area contributed by atoms with Crippen molar-refractivity contribution in [3.63, 3.8) is 0 Å². The highest BCUT2D eigenvalue weighted by molar-refractivity contribution is 7.98. The van der Waals surface area contributed by atoms with Gasteiger partial charge in [-0.3, -0.25) is 0 Å². The Morgan fingerprint density at radius 1 is 1.50 bits per heavy atom. The van der Waals surface area contributed by atoms with Crippen molar-refractivity contribution >= 4 is 23.4 Å². The fourth-order valence-electron chi connectivity index (χ4n) is 1.43. The predicted molar refractivity (Wildman–Crippen MR) is 72.5 cm³/mol. The Labute approximate surface area is 107 Å². The predicted octanol–water partition coefficient (Wildman–Crippen LogP) is 3.49. The normalized spacial score (nSPS) is 12.5. The van der Waals surface area contributed by atoms with Gasteiger partial charge in [0, 0.05) is 6.04 Å². The SMILES string of the molecule is CCOc1ccc(C(N)CCSC)cc1Cl. The summed E-state index contributed by atoms with van der Waals surface area (Å²) in [5.41, 5.74) is 7.13. The van der Waals surface area contributed by atoms with E-state index >= 15 is 0 Å². The van der Waals surface area contributed by atoms with E-state index in [1.165, 1.54) is 0 Å². The number of ether oxygens (including phenoxy) is 1. The molecule has 0 bridgehead atoms. The first-order valence-electron chi connectivity index (χ1n) is 5.35. The molecular formula is C12H18ClNOS. The molecule has 0 heterocycles. The molecule has 2 nitrogen and oxygen atoms in total. The van der Waals surface area contributed by atoms with Crippen LogP contribution >= 0.6 is 23.4 Å². The molecule has 1 rings (SSSR count). The van der Waals surface area contributed by atoms with Gasteiger partial charge in [-0.15, -0.1) is 0 Å². The first-order chi connectivity index (χ1) is 7.69. The molecule has 0 aliphatic carbocycles. The van der Waals surface area contributed by atoms with Crippen LogP contribution in [-0.4, -0.2) is 18.6 Å². The van der Waals surface area contributed by atoms with E-state index < -0.39 is 0 Å². The summed E-state index contributed by atoms with van der Waals surface area (Å²) in [4.78, 5) is 0. The van der Waals surface area contributed by atoms with Crippen molar-refractivity contribution in [2.45, 2.75) is 19.4 Å². The fraction of sp³-hybridized carbons (Fsp3) is 0.500. The molecule has 0 fully saturated rings. The van der Waals surface area contributed by atoms with Gasteiger partial charge in [0.25, 0.3) is 0 Å². The van der Waals surface area contributed by atoms with Crippen LogP contribution in [0.25, 0.3) is 0 Å². The Bertz CT molecular complexity index is 333. The highest BCUT2D eigenvalue weighted by atomic mass is 35.5. The van der Waals surface area contributed by atoms with Crippen molar-refractivity contribution in [2.75, 3.05) is 18.6 Å². The average molecular weight is 260 g/mol. The summed E-state index contributed by atoms with van der Waals surface area (Å²) in [6.45, 7) is 2.56. The third-order valence-corrected chi connectivity index (χ3v) is 3.26. The summed E-state index contributed by atoms with van der Waals surface area (Å²) in [6.07, 6.45) is 3.05. The van der Waals surface area contributed by atoms with Crippen LogP contribution in [0.2, 0.25) is 5.02 Å². The van der Waals surface area contributed by atoms with Gasteiger partial charge in [-0.25, -0.2) is 0 Å². The van der Waals surface area contributed by atoms with Gasteiger partial charge in [-0.2, -0.15) is 11.8 Å². The molecule has 1 atom stereocenters. The molecule has 2 N–H and O–H groups in total. The lowest BCUT2D eigenvalue weighted by atomic mass is 10.1. The van der Waals surface area contributed by atoms with E-state index in [2.05, 4.69) is 6.26 Å². The Balaban J connectivity index is 2.71. The first-order valence-corrected chi connectivity index (χ1v) is 7.13. The lowest BCUT2D eigenvalue weighted by molar-refractivity contribution is 0.340. The number of nitrogens with two attached hydrogens (primary N) is 1. The van der Waals surface area contributed by atoms with Crippen molar-refractivity contribution in [1.29, 1.82) is 0 Å². The largest absolute Gasteiger partial charge is 0.492 e. The molecule has 16 heavy (non-hydrogen) atoms. The van der Waals surface area contributed by atoms with E-state index in [0.29, 0.717) is 11.6 Å². The second-order valence-electron chi connectivity index (χ2n) is 3.51. The van der Waals surface area contributed by atoms with E-state index in [4.69, 9.17) is 22.1 Å². The second-order valence-corrected chi connectivity index (χ2v) is 4.90. The fourth-order valence-corrected chi connectivity index (χ4v) is 2.16. The smallest absolute Gasteiger partial charge is 0.137 e. The average Bonchev–Trinajstić information content (AvgIpc) is 2.29.